The summed E-state index contributed by atoms with van der Waals surface area (Å²) in [7, 11) is 0. The molecule has 1 unspecified atom stereocenters. The van der Waals surface area contributed by atoms with E-state index in [2.05, 4.69) is 11.2 Å². The zero-order valence-electron chi connectivity index (χ0n) is 8.76. The van der Waals surface area contributed by atoms with Crippen LogP contribution < -0.4 is 5.32 Å². The molecule has 1 N–H and O–H groups in total. The third-order valence-corrected chi connectivity index (χ3v) is 2.29. The van der Waals surface area contributed by atoms with Gasteiger partial charge in [-0.2, -0.15) is 0 Å². The zero-order valence-corrected chi connectivity index (χ0v) is 9.51. The van der Waals surface area contributed by atoms with Crippen LogP contribution in [0.2, 0.25) is 5.02 Å². The second kappa shape index (κ2) is 5.53. The van der Waals surface area contributed by atoms with Crippen LogP contribution in [0.15, 0.2) is 18.2 Å². The second-order valence-electron chi connectivity index (χ2n) is 3.41. The minimum absolute atomic E-state index is 0.0883. The van der Waals surface area contributed by atoms with Gasteiger partial charge in [-0.3, -0.25) is 4.79 Å². The van der Waals surface area contributed by atoms with Gasteiger partial charge in [0, 0.05) is 12.5 Å². The molecule has 0 aromatic heterocycles. The number of carbonyl (C=O) groups excluding carboxylic acids is 1. The van der Waals surface area contributed by atoms with Crippen LogP contribution in [-0.2, 0) is 0 Å². The van der Waals surface area contributed by atoms with Gasteiger partial charge in [-0.05, 0) is 25.1 Å². The Balaban J connectivity index is 2.78. The highest BCUT2D eigenvalue weighted by Crippen LogP contribution is 2.17. The quantitative estimate of drug-likeness (QED) is 0.808. The molecule has 4 heteroatoms. The Labute approximate surface area is 98.8 Å². The van der Waals surface area contributed by atoms with Crippen LogP contribution in [0.1, 0.15) is 23.7 Å². The lowest BCUT2D eigenvalue weighted by atomic mass is 10.1. The molecule has 1 aromatic rings. The maximum Gasteiger partial charge on any atom is 0.253 e. The molecule has 2 nitrogen and oxygen atoms in total. The van der Waals surface area contributed by atoms with Crippen molar-refractivity contribution in [3.8, 4) is 12.3 Å². The maximum atomic E-state index is 12.8. The van der Waals surface area contributed by atoms with E-state index < -0.39 is 5.82 Å². The predicted octanol–water partition coefficient (Wildman–Crippen LogP) is 2.62. The van der Waals surface area contributed by atoms with Crippen LogP contribution >= 0.6 is 11.6 Å². The predicted molar refractivity (Wildman–Crippen MR) is 61.8 cm³/mol. The molecule has 16 heavy (non-hydrogen) atoms. The van der Waals surface area contributed by atoms with Gasteiger partial charge >= 0.3 is 0 Å². The Morgan fingerprint density at radius 2 is 2.38 bits per heavy atom. The zero-order chi connectivity index (χ0) is 12.1. The highest BCUT2D eigenvalue weighted by Gasteiger charge is 2.12. The van der Waals surface area contributed by atoms with Gasteiger partial charge in [-0.25, -0.2) is 4.39 Å². The summed E-state index contributed by atoms with van der Waals surface area (Å²) in [5, 5.41) is 2.76. The average Bonchev–Trinajstić information content (AvgIpc) is 2.17. The van der Waals surface area contributed by atoms with Crippen LogP contribution in [0.25, 0.3) is 0 Å². The number of benzene rings is 1. The first-order valence-corrected chi connectivity index (χ1v) is 5.11. The van der Waals surface area contributed by atoms with E-state index in [-0.39, 0.29) is 22.5 Å². The minimum atomic E-state index is -0.474. The molecule has 1 atom stereocenters. The fourth-order valence-electron chi connectivity index (χ4n) is 1.20. The third kappa shape index (κ3) is 3.25. The van der Waals surface area contributed by atoms with Crippen molar-refractivity contribution in [1.82, 2.24) is 5.32 Å². The first-order valence-electron chi connectivity index (χ1n) is 4.74. The van der Waals surface area contributed by atoms with Crippen molar-refractivity contribution < 1.29 is 9.18 Å². The normalized spacial score (nSPS) is 11.6. The molecule has 0 aliphatic carbocycles. The Morgan fingerprint density at radius 3 is 2.94 bits per heavy atom. The van der Waals surface area contributed by atoms with E-state index in [4.69, 9.17) is 18.0 Å². The van der Waals surface area contributed by atoms with E-state index >= 15 is 0 Å². The second-order valence-corrected chi connectivity index (χ2v) is 3.81. The molecule has 1 rings (SSSR count). The van der Waals surface area contributed by atoms with Crippen LogP contribution in [0.5, 0.6) is 0 Å². The Morgan fingerprint density at radius 1 is 1.69 bits per heavy atom. The molecule has 0 saturated heterocycles. The highest BCUT2D eigenvalue weighted by atomic mass is 35.5. The number of nitrogens with one attached hydrogen (secondary N) is 1. The van der Waals surface area contributed by atoms with Crippen molar-refractivity contribution in [1.29, 1.82) is 0 Å². The van der Waals surface area contributed by atoms with Gasteiger partial charge in [0.15, 0.2) is 0 Å². The van der Waals surface area contributed by atoms with Gasteiger partial charge in [0.25, 0.3) is 5.91 Å². The largest absolute Gasteiger partial charge is 0.349 e. The molecule has 0 saturated carbocycles. The van der Waals surface area contributed by atoms with E-state index in [1.54, 1.807) is 6.92 Å². The summed E-state index contributed by atoms with van der Waals surface area (Å²) in [6, 6.07) is 3.49. The summed E-state index contributed by atoms with van der Waals surface area (Å²) in [6.07, 6.45) is 5.55. The SMILES string of the molecule is C#CCC(C)NC(=O)c1ccc(F)cc1Cl. The number of hydrogen-bond acceptors (Lipinski definition) is 1. The molecule has 0 radical (unpaired) electrons. The third-order valence-electron chi connectivity index (χ3n) is 1.98. The molecule has 84 valence electrons. The van der Waals surface area contributed by atoms with Gasteiger partial charge in [0.1, 0.15) is 5.82 Å². The van der Waals surface area contributed by atoms with Crippen LogP contribution in [0.3, 0.4) is 0 Å². The summed E-state index contributed by atoms with van der Waals surface area (Å²) >= 11 is 5.74. The van der Waals surface area contributed by atoms with Gasteiger partial charge in [0.2, 0.25) is 0 Å². The maximum absolute atomic E-state index is 12.8. The van der Waals surface area contributed by atoms with Crippen LogP contribution in [-0.4, -0.2) is 11.9 Å². The summed E-state index contributed by atoms with van der Waals surface area (Å²) in [5.74, 6) is 1.61. The Hall–Kier alpha value is -1.53. The van der Waals surface area contributed by atoms with Gasteiger partial charge in [0.05, 0.1) is 10.6 Å². The Kier molecular flexibility index (Phi) is 4.33. The number of halogens is 2. The summed E-state index contributed by atoms with van der Waals surface area (Å²) in [5.41, 5.74) is 0.243. The molecule has 0 spiro atoms. The van der Waals surface area contributed by atoms with Gasteiger partial charge < -0.3 is 5.32 Å². The topological polar surface area (TPSA) is 29.1 Å². The standard InChI is InChI=1S/C12H11ClFNO/c1-3-4-8(2)15-12(16)10-6-5-9(14)7-11(10)13/h1,5-8H,4H2,2H3,(H,15,16). The molecular formula is C12H11ClFNO. The summed E-state index contributed by atoms with van der Waals surface area (Å²) in [6.45, 7) is 1.79. The lowest BCUT2D eigenvalue weighted by Gasteiger charge is -2.11. The number of hydrogen-bond donors (Lipinski definition) is 1. The fourth-order valence-corrected chi connectivity index (χ4v) is 1.46. The van der Waals surface area contributed by atoms with Crippen molar-refractivity contribution in [3.63, 3.8) is 0 Å². The van der Waals surface area contributed by atoms with Crippen LogP contribution in [0.4, 0.5) is 4.39 Å². The van der Waals surface area contributed by atoms with E-state index in [0.29, 0.717) is 6.42 Å². The molecule has 0 fully saturated rings. The van der Waals surface area contributed by atoms with E-state index in [0.717, 1.165) is 6.07 Å². The molecule has 0 aliphatic heterocycles. The Bertz CT molecular complexity index is 439. The van der Waals surface area contributed by atoms with Crippen molar-refractivity contribution in [2.75, 3.05) is 0 Å². The number of carbonyl (C=O) groups is 1. The van der Waals surface area contributed by atoms with Crippen molar-refractivity contribution >= 4 is 17.5 Å². The smallest absolute Gasteiger partial charge is 0.253 e. The minimum Gasteiger partial charge on any atom is -0.349 e. The molecule has 1 aromatic carbocycles. The van der Waals surface area contributed by atoms with Crippen molar-refractivity contribution in [3.05, 3.63) is 34.6 Å². The highest BCUT2D eigenvalue weighted by molar-refractivity contribution is 6.33. The number of terminal acetylenes is 1. The van der Waals surface area contributed by atoms with Gasteiger partial charge in [-0.1, -0.05) is 11.6 Å². The molecular weight excluding hydrogens is 229 g/mol. The fraction of sp³-hybridized carbons (Fsp3) is 0.250. The van der Waals surface area contributed by atoms with E-state index in [9.17, 15) is 9.18 Å². The molecule has 0 aliphatic rings. The van der Waals surface area contributed by atoms with Gasteiger partial charge in [-0.15, -0.1) is 12.3 Å². The first kappa shape index (κ1) is 12.5. The summed E-state index contributed by atoms with van der Waals surface area (Å²) < 4.78 is 12.8. The summed E-state index contributed by atoms with van der Waals surface area (Å²) in [4.78, 5) is 11.7. The monoisotopic (exact) mass is 239 g/mol. The number of rotatable bonds is 3. The number of amides is 1. The molecule has 0 heterocycles. The first-order chi connectivity index (χ1) is 7.54. The lowest BCUT2D eigenvalue weighted by molar-refractivity contribution is 0.0941. The molecule has 1 amide bonds. The van der Waals surface area contributed by atoms with Crippen molar-refractivity contribution in [2.24, 2.45) is 0 Å². The lowest BCUT2D eigenvalue weighted by Crippen LogP contribution is -2.32. The van der Waals surface area contributed by atoms with E-state index in [1.807, 2.05) is 0 Å². The average molecular weight is 240 g/mol. The van der Waals surface area contributed by atoms with E-state index in [1.165, 1.54) is 12.1 Å². The van der Waals surface area contributed by atoms with Crippen LogP contribution in [0, 0.1) is 18.2 Å². The molecule has 0 bridgehead atoms. The van der Waals surface area contributed by atoms with Crippen molar-refractivity contribution in [2.45, 2.75) is 19.4 Å².